The van der Waals surface area contributed by atoms with Crippen LogP contribution in [0.2, 0.25) is 0 Å². The average Bonchev–Trinajstić information content (AvgIpc) is 3.26. The molecule has 10 nitrogen and oxygen atoms in total. The van der Waals surface area contributed by atoms with E-state index in [2.05, 4.69) is 15.3 Å². The number of hydrogen-bond donors (Lipinski definition) is 2. The highest BCUT2D eigenvalue weighted by molar-refractivity contribution is 6.01. The first-order chi connectivity index (χ1) is 19.0. The molecule has 0 spiro atoms. The number of para-hydroxylation sites is 1. The van der Waals surface area contributed by atoms with Crippen LogP contribution in [0.1, 0.15) is 0 Å². The summed E-state index contributed by atoms with van der Waals surface area (Å²) < 4.78 is 8.82. The summed E-state index contributed by atoms with van der Waals surface area (Å²) in [4.78, 5) is 36.5. The fraction of sp³-hybridized carbons (Fsp3) is 0.103. The zero-order valence-electron chi connectivity index (χ0n) is 21.9. The van der Waals surface area contributed by atoms with Crippen molar-refractivity contribution < 1.29 is 9.53 Å². The van der Waals surface area contributed by atoms with Crippen molar-refractivity contribution in [1.29, 1.82) is 0 Å². The van der Waals surface area contributed by atoms with E-state index in [-0.39, 0.29) is 29.8 Å². The molecule has 5 aromatic rings. The molecule has 0 aliphatic heterocycles. The number of halogens is 1. The van der Waals surface area contributed by atoms with Crippen LogP contribution in [0.15, 0.2) is 102 Å². The molecule has 0 radical (unpaired) electrons. The molecule has 0 bridgehead atoms. The van der Waals surface area contributed by atoms with Gasteiger partial charge in [0.25, 0.3) is 0 Å². The van der Waals surface area contributed by atoms with Crippen LogP contribution in [0.25, 0.3) is 22.5 Å². The molecule has 1 amide bonds. The van der Waals surface area contributed by atoms with Gasteiger partial charge in [0.1, 0.15) is 23.3 Å². The second-order valence-corrected chi connectivity index (χ2v) is 8.67. The Balaban J connectivity index is 0.00000370. The molecule has 40 heavy (non-hydrogen) atoms. The topological polar surface area (TPSA) is 120 Å². The summed E-state index contributed by atoms with van der Waals surface area (Å²) in [7, 11) is 3.48. The minimum Gasteiger partial charge on any atom is -0.457 e. The number of ether oxygens (including phenoxy) is 1. The van der Waals surface area contributed by atoms with Gasteiger partial charge in [-0.1, -0.05) is 30.3 Å². The number of likely N-dealkylation sites (N-methyl/N-ethyl adjacent to an activating group) is 2. The predicted molar refractivity (Wildman–Crippen MR) is 159 cm³/mol. The normalized spacial score (nSPS) is 10.9. The van der Waals surface area contributed by atoms with Gasteiger partial charge in [-0.25, -0.2) is 19.3 Å². The predicted octanol–water partition coefficient (Wildman–Crippen LogP) is 4.11. The van der Waals surface area contributed by atoms with E-state index < -0.39 is 0 Å². The van der Waals surface area contributed by atoms with Crippen LogP contribution in [0.3, 0.4) is 0 Å². The van der Waals surface area contributed by atoms with Crippen molar-refractivity contribution in [2.45, 2.75) is 0 Å². The lowest BCUT2D eigenvalue weighted by atomic mass is 10.2. The number of nitrogens with two attached hydrogens (primary N) is 1. The first-order valence-corrected chi connectivity index (χ1v) is 12.2. The van der Waals surface area contributed by atoms with Gasteiger partial charge in [-0.3, -0.25) is 9.36 Å². The zero-order valence-corrected chi connectivity index (χ0v) is 22.7. The quantitative estimate of drug-likeness (QED) is 0.275. The van der Waals surface area contributed by atoms with E-state index in [1.54, 1.807) is 68.7 Å². The van der Waals surface area contributed by atoms with Gasteiger partial charge in [0, 0.05) is 25.4 Å². The third-order valence-electron chi connectivity index (χ3n) is 6.11. The van der Waals surface area contributed by atoms with E-state index >= 15 is 0 Å². The first kappa shape index (κ1) is 28.1. The molecule has 3 aromatic carbocycles. The van der Waals surface area contributed by atoms with E-state index in [1.807, 2.05) is 30.3 Å². The lowest BCUT2D eigenvalue weighted by Crippen LogP contribution is -2.25. The standard InChI is InChI=1S/C29H27N7O3.ClH/c1-31-17-7-12-25(37)34(2)21-8-6-9-22(18-21)36-28-26(27(30)32-19-33-28)35(29(36)38)20-13-15-24(16-14-20)39-23-10-4-3-5-11-23;/h3-16,18-19,31H,17H2,1-2H3,(H2,30,32,33);1H. The van der Waals surface area contributed by atoms with Crippen LogP contribution in [0.4, 0.5) is 11.5 Å². The molecule has 5 rings (SSSR count). The molecule has 3 N–H and O–H groups in total. The maximum Gasteiger partial charge on any atom is 0.339 e. The molecular weight excluding hydrogens is 530 g/mol. The summed E-state index contributed by atoms with van der Waals surface area (Å²) in [5.74, 6) is 1.30. The van der Waals surface area contributed by atoms with Crippen LogP contribution < -0.4 is 26.4 Å². The fourth-order valence-electron chi connectivity index (χ4n) is 4.16. The number of carbonyl (C=O) groups is 1. The first-order valence-electron chi connectivity index (χ1n) is 12.2. The molecule has 11 heteroatoms. The number of nitrogen functional groups attached to an aromatic ring is 1. The Hall–Kier alpha value is -4.93. The monoisotopic (exact) mass is 557 g/mol. The minimum atomic E-state index is -0.381. The molecule has 2 aromatic heterocycles. The minimum absolute atomic E-state index is 0. The van der Waals surface area contributed by atoms with Gasteiger partial charge in [-0.05, 0) is 61.6 Å². The van der Waals surface area contributed by atoms with Gasteiger partial charge in [0.05, 0.1) is 11.4 Å². The Kier molecular flexibility index (Phi) is 8.63. The van der Waals surface area contributed by atoms with Gasteiger partial charge >= 0.3 is 5.69 Å². The summed E-state index contributed by atoms with van der Waals surface area (Å²) in [5, 5.41) is 2.96. The Morgan fingerprint density at radius 1 is 0.975 bits per heavy atom. The van der Waals surface area contributed by atoms with E-state index in [9.17, 15) is 9.59 Å². The van der Waals surface area contributed by atoms with E-state index in [0.717, 1.165) is 0 Å². The van der Waals surface area contributed by atoms with Crippen LogP contribution in [-0.2, 0) is 4.79 Å². The van der Waals surface area contributed by atoms with E-state index in [1.165, 1.54) is 26.4 Å². The Morgan fingerprint density at radius 3 is 2.42 bits per heavy atom. The highest BCUT2D eigenvalue weighted by Crippen LogP contribution is 2.27. The summed E-state index contributed by atoms with van der Waals surface area (Å²) >= 11 is 0. The third-order valence-corrected chi connectivity index (χ3v) is 6.11. The highest BCUT2D eigenvalue weighted by Gasteiger charge is 2.21. The average molecular weight is 558 g/mol. The van der Waals surface area contributed by atoms with Crippen LogP contribution in [0, 0.1) is 0 Å². The number of benzene rings is 3. The van der Waals surface area contributed by atoms with Crippen molar-refractivity contribution in [2.75, 3.05) is 31.3 Å². The van der Waals surface area contributed by atoms with Gasteiger partial charge in [0.2, 0.25) is 5.91 Å². The lowest BCUT2D eigenvalue weighted by molar-refractivity contribution is -0.113. The van der Waals surface area contributed by atoms with Gasteiger partial charge in [-0.15, -0.1) is 12.4 Å². The number of rotatable bonds is 8. The molecule has 0 saturated heterocycles. The summed E-state index contributed by atoms with van der Waals surface area (Å²) in [6.45, 7) is 0.578. The van der Waals surface area contributed by atoms with Crippen molar-refractivity contribution in [3.05, 3.63) is 108 Å². The number of imidazole rings is 1. The van der Waals surface area contributed by atoms with Gasteiger partial charge < -0.3 is 20.7 Å². The van der Waals surface area contributed by atoms with Crippen LogP contribution in [0.5, 0.6) is 11.5 Å². The number of anilines is 2. The molecule has 204 valence electrons. The maximum absolute atomic E-state index is 13.9. The smallest absolute Gasteiger partial charge is 0.339 e. The molecule has 0 unspecified atom stereocenters. The molecule has 0 aliphatic rings. The maximum atomic E-state index is 13.9. The van der Waals surface area contributed by atoms with Gasteiger partial charge in [0.15, 0.2) is 11.5 Å². The van der Waals surface area contributed by atoms with Crippen molar-refractivity contribution in [3.8, 4) is 22.9 Å². The number of nitrogens with one attached hydrogen (secondary N) is 1. The molecule has 2 heterocycles. The number of fused-ring (bicyclic) bond motifs is 1. The Bertz CT molecular complexity index is 1710. The molecule has 0 fully saturated rings. The summed E-state index contributed by atoms with van der Waals surface area (Å²) in [6.07, 6.45) is 4.57. The van der Waals surface area contributed by atoms with Crippen molar-refractivity contribution in [1.82, 2.24) is 24.4 Å². The Labute approximate surface area is 236 Å². The number of amides is 1. The van der Waals surface area contributed by atoms with Crippen LogP contribution in [-0.4, -0.2) is 45.6 Å². The van der Waals surface area contributed by atoms with E-state index in [4.69, 9.17) is 10.5 Å². The largest absolute Gasteiger partial charge is 0.457 e. The SMILES string of the molecule is CNCC=CC(=O)N(C)c1cccc(-n2c(=O)n(-c3ccc(Oc4ccccc4)cc3)c3c(N)ncnc32)c1.Cl. The molecular formula is C29H28ClN7O3. The molecule has 0 saturated carbocycles. The second-order valence-electron chi connectivity index (χ2n) is 8.67. The Morgan fingerprint density at radius 2 is 1.70 bits per heavy atom. The number of hydrogen-bond acceptors (Lipinski definition) is 7. The summed E-state index contributed by atoms with van der Waals surface area (Å²) in [5.41, 5.74) is 8.31. The molecule has 0 aliphatic carbocycles. The zero-order chi connectivity index (χ0) is 27.4. The lowest BCUT2D eigenvalue weighted by Gasteiger charge is -2.16. The van der Waals surface area contributed by atoms with Gasteiger partial charge in [-0.2, -0.15) is 0 Å². The fourth-order valence-corrected chi connectivity index (χ4v) is 4.16. The molecule has 0 atom stereocenters. The number of nitrogens with zero attached hydrogens (tertiary/aromatic N) is 5. The number of aromatic nitrogens is 4. The van der Waals surface area contributed by atoms with Crippen molar-refractivity contribution >= 4 is 41.0 Å². The number of carbonyl (C=O) groups excluding carboxylic acids is 1. The van der Waals surface area contributed by atoms with Crippen LogP contribution >= 0.6 is 12.4 Å². The van der Waals surface area contributed by atoms with Crippen molar-refractivity contribution in [3.63, 3.8) is 0 Å². The third kappa shape index (κ3) is 5.58. The van der Waals surface area contributed by atoms with Crippen molar-refractivity contribution in [2.24, 2.45) is 0 Å². The second kappa shape index (κ2) is 12.3. The van der Waals surface area contributed by atoms with E-state index in [0.29, 0.717) is 46.3 Å². The highest BCUT2D eigenvalue weighted by atomic mass is 35.5. The summed E-state index contributed by atoms with van der Waals surface area (Å²) in [6, 6.07) is 23.6.